The Labute approximate surface area is 149 Å². The lowest BCUT2D eigenvalue weighted by molar-refractivity contribution is -0.122. The largest absolute Gasteiger partial charge is 0.353 e. The van der Waals surface area contributed by atoms with Crippen LogP contribution in [-0.2, 0) is 17.8 Å². The third-order valence-corrected chi connectivity index (χ3v) is 4.30. The molecule has 2 aromatic carbocycles. The molecule has 0 aliphatic heterocycles. The van der Waals surface area contributed by atoms with E-state index in [0.717, 1.165) is 23.4 Å². The van der Waals surface area contributed by atoms with Gasteiger partial charge in [-0.05, 0) is 44.0 Å². The SMILES string of the molecule is CC(CCc1ccccc1)NC(=O)CN(C)Cc1ccccc1Cl. The van der Waals surface area contributed by atoms with Gasteiger partial charge in [-0.1, -0.05) is 60.1 Å². The van der Waals surface area contributed by atoms with Crippen LogP contribution < -0.4 is 5.32 Å². The highest BCUT2D eigenvalue weighted by molar-refractivity contribution is 6.31. The first-order valence-corrected chi connectivity index (χ1v) is 8.67. The van der Waals surface area contributed by atoms with Crippen molar-refractivity contribution in [3.63, 3.8) is 0 Å². The zero-order valence-electron chi connectivity index (χ0n) is 14.3. The Bertz CT molecular complexity index is 645. The molecule has 0 saturated carbocycles. The van der Waals surface area contributed by atoms with Gasteiger partial charge in [0, 0.05) is 17.6 Å². The van der Waals surface area contributed by atoms with Crippen molar-refractivity contribution in [3.05, 3.63) is 70.7 Å². The van der Waals surface area contributed by atoms with Gasteiger partial charge >= 0.3 is 0 Å². The summed E-state index contributed by atoms with van der Waals surface area (Å²) in [6.07, 6.45) is 1.90. The average molecular weight is 345 g/mol. The number of halogens is 1. The van der Waals surface area contributed by atoms with Crippen molar-refractivity contribution in [1.82, 2.24) is 10.2 Å². The Hall–Kier alpha value is -1.84. The Morgan fingerprint density at radius 3 is 2.50 bits per heavy atom. The van der Waals surface area contributed by atoms with Crippen LogP contribution in [0.1, 0.15) is 24.5 Å². The van der Waals surface area contributed by atoms with E-state index >= 15 is 0 Å². The topological polar surface area (TPSA) is 32.3 Å². The van der Waals surface area contributed by atoms with Crippen LogP contribution in [-0.4, -0.2) is 30.4 Å². The molecule has 2 rings (SSSR count). The first-order chi connectivity index (χ1) is 11.5. The molecule has 1 amide bonds. The molecule has 0 aliphatic carbocycles. The number of hydrogen-bond acceptors (Lipinski definition) is 2. The zero-order chi connectivity index (χ0) is 17.4. The van der Waals surface area contributed by atoms with Crippen LogP contribution in [0.4, 0.5) is 0 Å². The highest BCUT2D eigenvalue weighted by atomic mass is 35.5. The molecule has 0 saturated heterocycles. The quantitative estimate of drug-likeness (QED) is 0.787. The molecule has 1 N–H and O–H groups in total. The van der Waals surface area contributed by atoms with E-state index in [1.54, 1.807) is 0 Å². The molecule has 0 aromatic heterocycles. The summed E-state index contributed by atoms with van der Waals surface area (Å²) >= 11 is 6.16. The molecule has 1 unspecified atom stereocenters. The van der Waals surface area contributed by atoms with Crippen LogP contribution in [0, 0.1) is 0 Å². The fraction of sp³-hybridized carbons (Fsp3) is 0.350. The Morgan fingerprint density at radius 2 is 1.79 bits per heavy atom. The van der Waals surface area contributed by atoms with Gasteiger partial charge < -0.3 is 5.32 Å². The fourth-order valence-corrected chi connectivity index (χ4v) is 2.83. The van der Waals surface area contributed by atoms with Gasteiger partial charge in [0.25, 0.3) is 0 Å². The minimum Gasteiger partial charge on any atom is -0.353 e. The molecule has 1 atom stereocenters. The van der Waals surface area contributed by atoms with Crippen LogP contribution in [0.3, 0.4) is 0 Å². The van der Waals surface area contributed by atoms with Gasteiger partial charge in [-0.25, -0.2) is 0 Å². The standard InChI is InChI=1S/C20H25ClN2O/c1-16(12-13-17-8-4-3-5-9-17)22-20(24)15-23(2)14-18-10-6-7-11-19(18)21/h3-11,16H,12-15H2,1-2H3,(H,22,24). The molecule has 0 spiro atoms. The van der Waals surface area contributed by atoms with Gasteiger partial charge in [-0.2, -0.15) is 0 Å². The van der Waals surface area contributed by atoms with Crippen molar-refractivity contribution in [2.45, 2.75) is 32.4 Å². The monoisotopic (exact) mass is 344 g/mol. The molecular weight excluding hydrogens is 320 g/mol. The molecule has 4 heteroatoms. The lowest BCUT2D eigenvalue weighted by atomic mass is 10.1. The number of hydrogen-bond donors (Lipinski definition) is 1. The number of likely N-dealkylation sites (N-methyl/N-ethyl adjacent to an activating group) is 1. The lowest BCUT2D eigenvalue weighted by Crippen LogP contribution is -2.39. The van der Waals surface area contributed by atoms with E-state index in [0.29, 0.717) is 13.1 Å². The summed E-state index contributed by atoms with van der Waals surface area (Å²) in [5, 5.41) is 3.80. The van der Waals surface area contributed by atoms with Gasteiger partial charge in [0.2, 0.25) is 5.91 Å². The van der Waals surface area contributed by atoms with E-state index in [1.807, 2.05) is 54.4 Å². The number of amides is 1. The Balaban J connectivity index is 1.72. The predicted molar refractivity (Wildman–Crippen MR) is 100 cm³/mol. The number of carbonyl (C=O) groups excluding carboxylic acids is 1. The van der Waals surface area contributed by atoms with Gasteiger partial charge in [0.05, 0.1) is 6.54 Å². The second kappa shape index (κ2) is 9.45. The summed E-state index contributed by atoms with van der Waals surface area (Å²) < 4.78 is 0. The van der Waals surface area contributed by atoms with E-state index in [1.165, 1.54) is 5.56 Å². The summed E-state index contributed by atoms with van der Waals surface area (Å²) in [6, 6.07) is 18.2. The second-order valence-corrected chi connectivity index (χ2v) is 6.66. The van der Waals surface area contributed by atoms with Crippen molar-refractivity contribution < 1.29 is 4.79 Å². The van der Waals surface area contributed by atoms with Gasteiger partial charge in [-0.15, -0.1) is 0 Å². The highest BCUT2D eigenvalue weighted by Crippen LogP contribution is 2.16. The smallest absolute Gasteiger partial charge is 0.234 e. The minimum absolute atomic E-state index is 0.0464. The maximum atomic E-state index is 12.2. The van der Waals surface area contributed by atoms with Gasteiger partial charge in [0.15, 0.2) is 0 Å². The molecule has 0 heterocycles. The Kier molecular flexibility index (Phi) is 7.29. The van der Waals surface area contributed by atoms with Crippen molar-refractivity contribution in [1.29, 1.82) is 0 Å². The number of aryl methyl sites for hydroxylation is 1. The Morgan fingerprint density at radius 1 is 1.12 bits per heavy atom. The van der Waals surface area contributed by atoms with Gasteiger partial charge in [0.1, 0.15) is 0 Å². The minimum atomic E-state index is 0.0464. The number of benzene rings is 2. The third kappa shape index (κ3) is 6.34. The summed E-state index contributed by atoms with van der Waals surface area (Å²) in [6.45, 7) is 3.07. The van der Waals surface area contributed by atoms with Gasteiger partial charge in [-0.3, -0.25) is 9.69 Å². The van der Waals surface area contributed by atoms with Crippen LogP contribution in [0.2, 0.25) is 5.02 Å². The lowest BCUT2D eigenvalue weighted by Gasteiger charge is -2.19. The molecular formula is C20H25ClN2O. The summed E-state index contributed by atoms with van der Waals surface area (Å²) in [4.78, 5) is 14.1. The maximum absolute atomic E-state index is 12.2. The zero-order valence-corrected chi connectivity index (χ0v) is 15.1. The molecule has 24 heavy (non-hydrogen) atoms. The highest BCUT2D eigenvalue weighted by Gasteiger charge is 2.11. The average Bonchev–Trinajstić information content (AvgIpc) is 2.56. The fourth-order valence-electron chi connectivity index (χ4n) is 2.64. The van der Waals surface area contributed by atoms with Crippen molar-refractivity contribution in [2.75, 3.05) is 13.6 Å². The van der Waals surface area contributed by atoms with Crippen LogP contribution in [0.25, 0.3) is 0 Å². The first-order valence-electron chi connectivity index (χ1n) is 8.30. The first kappa shape index (κ1) is 18.5. The normalized spacial score (nSPS) is 12.2. The summed E-state index contributed by atoms with van der Waals surface area (Å²) in [5.74, 6) is 0.0464. The van der Waals surface area contributed by atoms with Crippen molar-refractivity contribution >= 4 is 17.5 Å². The molecule has 3 nitrogen and oxygen atoms in total. The van der Waals surface area contributed by atoms with E-state index in [4.69, 9.17) is 11.6 Å². The van der Waals surface area contributed by atoms with E-state index in [2.05, 4.69) is 24.4 Å². The molecule has 0 aliphatic rings. The van der Waals surface area contributed by atoms with Crippen molar-refractivity contribution in [2.24, 2.45) is 0 Å². The summed E-state index contributed by atoms with van der Waals surface area (Å²) in [7, 11) is 1.93. The maximum Gasteiger partial charge on any atom is 0.234 e. The molecule has 0 fully saturated rings. The number of carbonyl (C=O) groups is 1. The van der Waals surface area contributed by atoms with E-state index in [-0.39, 0.29) is 11.9 Å². The van der Waals surface area contributed by atoms with Crippen LogP contribution >= 0.6 is 11.6 Å². The predicted octanol–water partition coefficient (Wildman–Crippen LogP) is 3.91. The molecule has 0 radical (unpaired) electrons. The molecule has 0 bridgehead atoms. The third-order valence-electron chi connectivity index (χ3n) is 3.93. The number of nitrogens with zero attached hydrogens (tertiary/aromatic N) is 1. The number of rotatable bonds is 8. The second-order valence-electron chi connectivity index (χ2n) is 6.26. The van der Waals surface area contributed by atoms with E-state index in [9.17, 15) is 4.79 Å². The number of nitrogens with one attached hydrogen (secondary N) is 1. The van der Waals surface area contributed by atoms with Crippen molar-refractivity contribution in [3.8, 4) is 0 Å². The molecule has 2 aromatic rings. The van der Waals surface area contributed by atoms with E-state index < -0.39 is 0 Å². The summed E-state index contributed by atoms with van der Waals surface area (Å²) in [5.41, 5.74) is 2.33. The molecule has 128 valence electrons. The van der Waals surface area contributed by atoms with Crippen LogP contribution in [0.5, 0.6) is 0 Å². The van der Waals surface area contributed by atoms with Crippen LogP contribution in [0.15, 0.2) is 54.6 Å².